The van der Waals surface area contributed by atoms with E-state index in [4.69, 9.17) is 5.26 Å². The van der Waals surface area contributed by atoms with Gasteiger partial charge >= 0.3 is 0 Å². The Morgan fingerprint density at radius 3 is 2.87 bits per heavy atom. The lowest BCUT2D eigenvalue weighted by Crippen LogP contribution is -1.90. The molecule has 3 nitrogen and oxygen atoms in total. The maximum absolute atomic E-state index is 8.68. The summed E-state index contributed by atoms with van der Waals surface area (Å²) in [6.07, 6.45) is 1.59. The number of hydrogen-bond donors (Lipinski definition) is 0. The molecule has 0 N–H and O–H groups in total. The Bertz CT molecular complexity index is 531. The van der Waals surface area contributed by atoms with Gasteiger partial charge in [-0.05, 0) is 18.2 Å². The van der Waals surface area contributed by atoms with Crippen molar-refractivity contribution in [2.45, 2.75) is 0 Å². The minimum absolute atomic E-state index is 0.187. The van der Waals surface area contributed by atoms with Gasteiger partial charge in [0.1, 0.15) is 6.07 Å². The number of rotatable bonds is 1. The molecule has 2 rings (SSSR count). The minimum Gasteiger partial charge on any atom is -0.227 e. The van der Waals surface area contributed by atoms with Crippen LogP contribution in [0.4, 0.5) is 0 Å². The van der Waals surface area contributed by atoms with Crippen LogP contribution >= 0.6 is 15.9 Å². The molecule has 0 unspecified atom stereocenters. The summed E-state index contributed by atoms with van der Waals surface area (Å²) in [7, 11) is 0. The van der Waals surface area contributed by atoms with Gasteiger partial charge in [0.15, 0.2) is 0 Å². The number of benzene rings is 1. The molecule has 0 aliphatic heterocycles. The van der Waals surface area contributed by atoms with Gasteiger partial charge in [0, 0.05) is 16.2 Å². The average molecular weight is 260 g/mol. The molecule has 0 saturated heterocycles. The van der Waals surface area contributed by atoms with Crippen molar-refractivity contribution in [3.05, 3.63) is 46.8 Å². The second-order valence-electron chi connectivity index (χ2n) is 2.89. The van der Waals surface area contributed by atoms with Crippen molar-refractivity contribution in [3.8, 4) is 17.3 Å². The van der Waals surface area contributed by atoms with Crippen molar-refractivity contribution in [3.63, 3.8) is 0 Å². The van der Waals surface area contributed by atoms with Crippen molar-refractivity contribution in [1.29, 1.82) is 5.26 Å². The predicted octanol–water partition coefficient (Wildman–Crippen LogP) is 2.78. The van der Waals surface area contributed by atoms with Crippen LogP contribution in [0.5, 0.6) is 0 Å². The largest absolute Gasteiger partial charge is 0.232 e. The quantitative estimate of drug-likeness (QED) is 0.792. The lowest BCUT2D eigenvalue weighted by molar-refractivity contribution is 1.12. The summed E-state index contributed by atoms with van der Waals surface area (Å²) in [6.45, 7) is 0. The smallest absolute Gasteiger partial charge is 0.227 e. The zero-order chi connectivity index (χ0) is 10.7. The third-order valence-corrected chi connectivity index (χ3v) is 2.37. The van der Waals surface area contributed by atoms with E-state index in [2.05, 4.69) is 25.9 Å². The highest BCUT2D eigenvalue weighted by molar-refractivity contribution is 9.10. The topological polar surface area (TPSA) is 49.6 Å². The first-order chi connectivity index (χ1) is 7.29. The lowest BCUT2D eigenvalue weighted by Gasteiger charge is -2.00. The second kappa shape index (κ2) is 4.20. The number of halogens is 1. The average Bonchev–Trinajstić information content (AvgIpc) is 2.29. The van der Waals surface area contributed by atoms with Gasteiger partial charge in [-0.1, -0.05) is 28.1 Å². The Labute approximate surface area is 95.6 Å². The molecule has 0 aliphatic rings. The molecule has 0 aliphatic carbocycles. The monoisotopic (exact) mass is 259 g/mol. The Hall–Kier alpha value is -1.73. The summed E-state index contributed by atoms with van der Waals surface area (Å²) in [5.41, 5.74) is 1.71. The van der Waals surface area contributed by atoms with Crippen molar-refractivity contribution in [2.75, 3.05) is 0 Å². The number of aromatic nitrogens is 2. The Morgan fingerprint density at radius 1 is 1.27 bits per heavy atom. The summed E-state index contributed by atoms with van der Waals surface area (Å²) in [4.78, 5) is 7.93. The molecular weight excluding hydrogens is 254 g/mol. The van der Waals surface area contributed by atoms with Crippen molar-refractivity contribution < 1.29 is 0 Å². The van der Waals surface area contributed by atoms with E-state index < -0.39 is 0 Å². The van der Waals surface area contributed by atoms with Gasteiger partial charge in [-0.3, -0.25) is 0 Å². The van der Waals surface area contributed by atoms with Gasteiger partial charge in [0.25, 0.3) is 0 Å². The molecule has 0 atom stereocenters. The van der Waals surface area contributed by atoms with Gasteiger partial charge < -0.3 is 0 Å². The van der Waals surface area contributed by atoms with Crippen molar-refractivity contribution in [1.82, 2.24) is 9.97 Å². The van der Waals surface area contributed by atoms with Crippen LogP contribution in [0.15, 0.2) is 41.0 Å². The second-order valence-corrected chi connectivity index (χ2v) is 3.80. The Kier molecular flexibility index (Phi) is 2.75. The highest BCUT2D eigenvalue weighted by Gasteiger charge is 2.01. The van der Waals surface area contributed by atoms with Crippen LogP contribution in [0.25, 0.3) is 11.3 Å². The van der Waals surface area contributed by atoms with Crippen LogP contribution in [0.3, 0.4) is 0 Å². The van der Waals surface area contributed by atoms with E-state index >= 15 is 0 Å². The molecule has 15 heavy (non-hydrogen) atoms. The standard InChI is InChI=1S/C11H6BrN3/c12-9-3-1-2-8(6-9)10-4-5-14-11(7-13)15-10/h1-6H. The van der Waals surface area contributed by atoms with Crippen LogP contribution < -0.4 is 0 Å². The van der Waals surface area contributed by atoms with E-state index in [1.807, 2.05) is 30.3 Å². The molecule has 1 aromatic carbocycles. The number of nitriles is 1. The SMILES string of the molecule is N#Cc1nccc(-c2cccc(Br)c2)n1. The molecule has 4 heteroatoms. The fourth-order valence-electron chi connectivity index (χ4n) is 1.22. The van der Waals surface area contributed by atoms with Crippen molar-refractivity contribution >= 4 is 15.9 Å². The fourth-order valence-corrected chi connectivity index (χ4v) is 1.62. The molecule has 0 amide bonds. The fraction of sp³-hybridized carbons (Fsp3) is 0. The Balaban J connectivity index is 2.50. The first kappa shape index (κ1) is 9.81. The summed E-state index contributed by atoms with van der Waals surface area (Å²) in [5, 5.41) is 8.68. The minimum atomic E-state index is 0.187. The molecule has 0 saturated carbocycles. The molecule has 0 fully saturated rings. The molecule has 0 spiro atoms. The van der Waals surface area contributed by atoms with E-state index in [0.29, 0.717) is 0 Å². The van der Waals surface area contributed by atoms with E-state index in [1.165, 1.54) is 0 Å². The maximum Gasteiger partial charge on any atom is 0.232 e. The third-order valence-electron chi connectivity index (χ3n) is 1.88. The number of nitrogens with zero attached hydrogens (tertiary/aromatic N) is 3. The van der Waals surface area contributed by atoms with E-state index in [1.54, 1.807) is 12.3 Å². The third kappa shape index (κ3) is 2.20. The van der Waals surface area contributed by atoms with E-state index in [9.17, 15) is 0 Å². The Morgan fingerprint density at radius 2 is 2.13 bits per heavy atom. The van der Waals surface area contributed by atoms with Gasteiger partial charge in [-0.15, -0.1) is 0 Å². The zero-order valence-electron chi connectivity index (χ0n) is 7.68. The predicted molar refractivity (Wildman–Crippen MR) is 59.9 cm³/mol. The maximum atomic E-state index is 8.68. The summed E-state index contributed by atoms with van der Waals surface area (Å²) in [6, 6.07) is 11.4. The highest BCUT2D eigenvalue weighted by Crippen LogP contribution is 2.20. The normalized spacial score (nSPS) is 9.60. The van der Waals surface area contributed by atoms with Gasteiger partial charge in [0.05, 0.1) is 5.69 Å². The summed E-state index contributed by atoms with van der Waals surface area (Å²) >= 11 is 3.39. The number of hydrogen-bond acceptors (Lipinski definition) is 3. The first-order valence-corrected chi connectivity index (χ1v) is 5.08. The van der Waals surface area contributed by atoms with E-state index in [-0.39, 0.29) is 5.82 Å². The molecule has 1 heterocycles. The van der Waals surface area contributed by atoms with Crippen LogP contribution in [0.1, 0.15) is 5.82 Å². The van der Waals surface area contributed by atoms with Crippen LogP contribution in [-0.2, 0) is 0 Å². The first-order valence-electron chi connectivity index (χ1n) is 4.28. The van der Waals surface area contributed by atoms with Crippen molar-refractivity contribution in [2.24, 2.45) is 0 Å². The highest BCUT2D eigenvalue weighted by atomic mass is 79.9. The lowest BCUT2D eigenvalue weighted by atomic mass is 10.1. The molecule has 1 aromatic heterocycles. The van der Waals surface area contributed by atoms with Gasteiger partial charge in [-0.2, -0.15) is 5.26 Å². The summed E-state index contributed by atoms with van der Waals surface area (Å²) < 4.78 is 0.983. The van der Waals surface area contributed by atoms with Gasteiger partial charge in [-0.25, -0.2) is 9.97 Å². The molecule has 2 aromatic rings. The molecular formula is C11H6BrN3. The van der Waals surface area contributed by atoms with Gasteiger partial charge in [0.2, 0.25) is 5.82 Å². The summed E-state index contributed by atoms with van der Waals surface area (Å²) in [5.74, 6) is 0.187. The van der Waals surface area contributed by atoms with Crippen LogP contribution in [-0.4, -0.2) is 9.97 Å². The van der Waals surface area contributed by atoms with Crippen LogP contribution in [0, 0.1) is 11.3 Å². The van der Waals surface area contributed by atoms with Crippen LogP contribution in [0.2, 0.25) is 0 Å². The zero-order valence-corrected chi connectivity index (χ0v) is 9.27. The molecule has 72 valence electrons. The molecule has 0 radical (unpaired) electrons. The molecule has 0 bridgehead atoms. The van der Waals surface area contributed by atoms with E-state index in [0.717, 1.165) is 15.7 Å².